The van der Waals surface area contributed by atoms with Crippen molar-refractivity contribution in [2.24, 2.45) is 0 Å². The number of carboxylic acid groups (broad SMARTS) is 1. The molecule has 1 aromatic carbocycles. The quantitative estimate of drug-likeness (QED) is 0.199. The molecule has 1 heterocycles. The van der Waals surface area contributed by atoms with E-state index in [0.29, 0.717) is 51.3 Å². The predicted octanol–water partition coefficient (Wildman–Crippen LogP) is 1.11. The van der Waals surface area contributed by atoms with E-state index < -0.39 is 5.97 Å². The van der Waals surface area contributed by atoms with Gasteiger partial charge in [0.15, 0.2) is 6.61 Å². The molecule has 0 saturated carbocycles. The van der Waals surface area contributed by atoms with Crippen LogP contribution >= 0.6 is 0 Å². The first-order chi connectivity index (χ1) is 19.3. The average molecular weight is 713 g/mol. The van der Waals surface area contributed by atoms with Crippen LogP contribution in [0.2, 0.25) is 0 Å². The molecule has 1 unspecified atom stereocenters. The second kappa shape index (κ2) is 22.0. The Hall–Kier alpha value is -1.65. The molecule has 0 spiro atoms. The average Bonchev–Trinajstić information content (AvgIpc) is 2.94. The molecule has 1 aliphatic heterocycles. The van der Waals surface area contributed by atoms with Gasteiger partial charge < -0.3 is 38.8 Å². The number of nitrogens with one attached hydrogen (secondary N) is 1. The molecule has 10 nitrogen and oxygen atoms in total. The van der Waals surface area contributed by atoms with Crippen molar-refractivity contribution < 1.29 is 64.2 Å². The maximum absolute atomic E-state index is 12.2. The molecule has 1 saturated heterocycles. The van der Waals surface area contributed by atoms with Crippen molar-refractivity contribution >= 4 is 17.8 Å². The fourth-order valence-electron chi connectivity index (χ4n) is 4.24. The Bertz CT molecular complexity index is 971. The van der Waals surface area contributed by atoms with Crippen molar-refractivity contribution in [1.29, 1.82) is 0 Å². The van der Waals surface area contributed by atoms with Crippen LogP contribution < -0.4 is 5.32 Å². The van der Waals surface area contributed by atoms with Gasteiger partial charge in [-0.25, -0.2) is 0 Å². The number of ether oxygens (including phenoxy) is 1. The van der Waals surface area contributed by atoms with Crippen molar-refractivity contribution in [1.82, 2.24) is 24.9 Å². The Morgan fingerprint density at radius 1 is 0.902 bits per heavy atom. The Morgan fingerprint density at radius 3 is 1.98 bits per heavy atom. The fraction of sp³-hybridized carbons (Fsp3) is 0.567. The zero-order chi connectivity index (χ0) is 29.2. The van der Waals surface area contributed by atoms with Gasteiger partial charge in [-0.3, -0.25) is 24.2 Å². The summed E-state index contributed by atoms with van der Waals surface area (Å²) in [5.74, 6) is 4.66. The molecule has 1 fully saturated rings. The van der Waals surface area contributed by atoms with E-state index in [1.165, 1.54) is 0 Å². The number of nitrogens with zero attached hydrogens (tertiary/aromatic N) is 4. The van der Waals surface area contributed by atoms with Crippen molar-refractivity contribution in [3.8, 4) is 11.8 Å². The van der Waals surface area contributed by atoms with Gasteiger partial charge in [0.1, 0.15) is 0 Å². The Morgan fingerprint density at radius 2 is 1.44 bits per heavy atom. The van der Waals surface area contributed by atoms with E-state index >= 15 is 0 Å². The molecule has 1 amide bonds. The van der Waals surface area contributed by atoms with Crippen LogP contribution in [0.1, 0.15) is 30.1 Å². The zero-order valence-electron chi connectivity index (χ0n) is 24.2. The van der Waals surface area contributed by atoms with Gasteiger partial charge in [0.25, 0.3) is 5.91 Å². The van der Waals surface area contributed by atoms with Crippen molar-refractivity contribution in [2.45, 2.75) is 25.8 Å². The summed E-state index contributed by atoms with van der Waals surface area (Å²) in [5.41, 5.74) is 0.582. The van der Waals surface area contributed by atoms with Gasteiger partial charge in [-0.05, 0) is 25.5 Å². The van der Waals surface area contributed by atoms with Crippen LogP contribution in [0.4, 0.5) is 0 Å². The monoisotopic (exact) mass is 713 g/mol. The molecule has 1 aliphatic rings. The van der Waals surface area contributed by atoms with Gasteiger partial charge in [-0.15, -0.1) is 13.1 Å². The summed E-state index contributed by atoms with van der Waals surface area (Å²) < 4.78 is 5.26. The molecule has 0 bridgehead atoms. The molecule has 0 radical (unpaired) electrons. The first-order valence-electron chi connectivity index (χ1n) is 14.0. The Kier molecular flexibility index (Phi) is 20.0. The normalized spacial score (nSPS) is 17.0. The maximum Gasteiger partial charge on any atom is 0.317 e. The number of amides is 1. The van der Waals surface area contributed by atoms with Gasteiger partial charge in [0.2, 0.25) is 0 Å². The molecular weight excluding hydrogens is 668 g/mol. The molecule has 230 valence electrons. The van der Waals surface area contributed by atoms with Crippen LogP contribution in [0, 0.1) is 65.6 Å². The smallest absolute Gasteiger partial charge is 0.317 e. The molecule has 0 aliphatic carbocycles. The van der Waals surface area contributed by atoms with E-state index in [2.05, 4.69) is 45.7 Å². The number of carbonyl (C=O) groups excluding carboxylic acids is 2. The number of hydrogen-bond acceptors (Lipinski definition) is 8. The molecule has 0 aromatic heterocycles. The third-order valence-electron chi connectivity index (χ3n) is 6.85. The number of carbonyl (C=O) groups is 3. The zero-order valence-corrected chi connectivity index (χ0v) is 26.5. The van der Waals surface area contributed by atoms with Gasteiger partial charge in [-0.2, -0.15) is 0 Å². The standard InChI is InChI=1S/C30H45N5O5.Gd/c1-4-32-16-17-33(5-2)19-22-35(25-28(36)37)23-21-34(20-18-32)15-9-10-24-40-29(38)14-13-26(3)31-30(39)27-11-7-6-8-12-27;/h6-8,11-12,26H,1-2,4-5,13-25H2,3H3,(H,31,39)(H,36,37);/q-2;. The van der Waals surface area contributed by atoms with Gasteiger partial charge in [-0.1, -0.05) is 30.0 Å². The molecule has 11 heteroatoms. The fourth-order valence-corrected chi connectivity index (χ4v) is 4.24. The number of esters is 1. The topological polar surface area (TPSA) is 106 Å². The molecule has 2 rings (SSSR count). The van der Waals surface area contributed by atoms with Crippen LogP contribution in [0.25, 0.3) is 0 Å². The van der Waals surface area contributed by atoms with Crippen LogP contribution in [0.15, 0.2) is 30.3 Å². The minimum absolute atomic E-state index is 0. The van der Waals surface area contributed by atoms with E-state index in [1.54, 1.807) is 24.3 Å². The van der Waals surface area contributed by atoms with E-state index in [0.717, 1.165) is 32.7 Å². The number of hydrogen-bond donors (Lipinski definition) is 2. The van der Waals surface area contributed by atoms with Crippen molar-refractivity contribution in [2.75, 3.05) is 85.1 Å². The largest absolute Gasteiger partial charge is 0.480 e. The number of aliphatic carboxylic acids is 1. The minimum Gasteiger partial charge on any atom is -0.480 e. The van der Waals surface area contributed by atoms with E-state index in [-0.39, 0.29) is 77.4 Å². The van der Waals surface area contributed by atoms with Gasteiger partial charge >= 0.3 is 11.9 Å². The summed E-state index contributed by atoms with van der Waals surface area (Å²) in [6, 6.07) is 8.79. The van der Waals surface area contributed by atoms with Crippen LogP contribution in [-0.2, 0) is 14.3 Å². The summed E-state index contributed by atoms with van der Waals surface area (Å²) >= 11 is 0. The van der Waals surface area contributed by atoms with E-state index in [4.69, 9.17) is 4.74 Å². The maximum atomic E-state index is 12.2. The van der Waals surface area contributed by atoms with E-state index in [1.807, 2.05) is 17.9 Å². The van der Waals surface area contributed by atoms with Crippen molar-refractivity contribution in [3.63, 3.8) is 0 Å². The number of carboxylic acids is 1. The van der Waals surface area contributed by atoms with Crippen molar-refractivity contribution in [3.05, 3.63) is 49.7 Å². The Balaban J connectivity index is 0.00000840. The van der Waals surface area contributed by atoms with E-state index in [9.17, 15) is 19.5 Å². The van der Waals surface area contributed by atoms with Gasteiger partial charge in [0, 0.05) is 110 Å². The third kappa shape index (κ3) is 16.5. The Labute approximate surface area is 277 Å². The molecule has 41 heavy (non-hydrogen) atoms. The van der Waals surface area contributed by atoms with Gasteiger partial charge in [0.05, 0.1) is 13.1 Å². The number of rotatable bonds is 11. The third-order valence-corrected chi connectivity index (χ3v) is 6.85. The molecule has 2 N–H and O–H groups in total. The van der Waals surface area contributed by atoms with Crippen LogP contribution in [0.3, 0.4) is 0 Å². The summed E-state index contributed by atoms with van der Waals surface area (Å²) in [5, 5.41) is 12.2. The SMILES string of the molecule is [CH2-]CN1CCN(C[CH2-])CCN(CC(=O)O)CCN(CC#CCOC(=O)CCC(C)NC(=O)c2ccccc2)CC1.[Gd]. The summed E-state index contributed by atoms with van der Waals surface area (Å²) in [6.07, 6.45) is 0.663. The van der Waals surface area contributed by atoms with Crippen LogP contribution in [0.5, 0.6) is 0 Å². The first kappa shape index (κ1) is 37.4. The molecular formula is C30H45GdN5O5-2. The minimum atomic E-state index is -0.836. The first-order valence-corrected chi connectivity index (χ1v) is 14.0. The molecule has 1 aromatic rings. The summed E-state index contributed by atoms with van der Waals surface area (Å²) in [6.45, 7) is 17.9. The predicted molar refractivity (Wildman–Crippen MR) is 155 cm³/mol. The summed E-state index contributed by atoms with van der Waals surface area (Å²) in [7, 11) is 0. The number of benzene rings is 1. The second-order valence-electron chi connectivity index (χ2n) is 9.92. The summed E-state index contributed by atoms with van der Waals surface area (Å²) in [4.78, 5) is 44.4. The van der Waals surface area contributed by atoms with Crippen LogP contribution in [-0.4, -0.2) is 134 Å². The second-order valence-corrected chi connectivity index (χ2v) is 9.92. The molecule has 1 atom stereocenters.